The van der Waals surface area contributed by atoms with Crippen LogP contribution in [0.4, 0.5) is 0 Å². The van der Waals surface area contributed by atoms with Crippen LogP contribution in [0, 0.1) is 5.92 Å². The zero-order valence-electron chi connectivity index (χ0n) is 9.74. The van der Waals surface area contributed by atoms with E-state index in [2.05, 4.69) is 11.8 Å². The summed E-state index contributed by atoms with van der Waals surface area (Å²) in [7, 11) is 0. The molecule has 88 valence electrons. The number of likely N-dealkylation sites (tertiary alicyclic amines) is 1. The zero-order chi connectivity index (χ0) is 11.3. The van der Waals surface area contributed by atoms with E-state index in [1.54, 1.807) is 0 Å². The highest BCUT2D eigenvalue weighted by atomic mass is 16.5. The Morgan fingerprint density at radius 2 is 2.20 bits per heavy atom. The summed E-state index contributed by atoms with van der Waals surface area (Å²) in [6.45, 7) is 6.63. The van der Waals surface area contributed by atoms with Gasteiger partial charge < -0.3 is 10.5 Å². The molecule has 1 aliphatic heterocycles. The van der Waals surface area contributed by atoms with Crippen LogP contribution in [-0.4, -0.2) is 43.2 Å². The van der Waals surface area contributed by atoms with Crippen molar-refractivity contribution in [2.24, 2.45) is 11.7 Å². The van der Waals surface area contributed by atoms with Crippen molar-refractivity contribution in [3.8, 4) is 0 Å². The quantitative estimate of drug-likeness (QED) is 0.697. The molecule has 2 atom stereocenters. The summed E-state index contributed by atoms with van der Waals surface area (Å²) >= 11 is 0. The normalized spacial score (nSPS) is 27.7. The van der Waals surface area contributed by atoms with Gasteiger partial charge in [-0.15, -0.1) is 0 Å². The van der Waals surface area contributed by atoms with Crippen LogP contribution in [0.15, 0.2) is 0 Å². The van der Waals surface area contributed by atoms with Crippen molar-refractivity contribution < 1.29 is 9.53 Å². The molecular weight excluding hydrogens is 192 g/mol. The van der Waals surface area contributed by atoms with Crippen LogP contribution >= 0.6 is 0 Å². The van der Waals surface area contributed by atoms with Crippen LogP contribution in [-0.2, 0) is 9.53 Å². The topological polar surface area (TPSA) is 55.6 Å². The summed E-state index contributed by atoms with van der Waals surface area (Å²) in [4.78, 5) is 13.4. The molecule has 0 aliphatic carbocycles. The number of rotatable bonds is 4. The molecule has 1 saturated heterocycles. The van der Waals surface area contributed by atoms with Gasteiger partial charge in [0, 0.05) is 19.1 Å². The number of piperidine rings is 1. The van der Waals surface area contributed by atoms with Crippen LogP contribution < -0.4 is 5.73 Å². The molecule has 0 aromatic carbocycles. The fourth-order valence-electron chi connectivity index (χ4n) is 2.16. The van der Waals surface area contributed by atoms with Gasteiger partial charge in [-0.3, -0.25) is 9.69 Å². The molecule has 0 bridgehead atoms. The first-order valence-corrected chi connectivity index (χ1v) is 5.79. The number of hydrogen-bond donors (Lipinski definition) is 1. The first kappa shape index (κ1) is 12.5. The Labute approximate surface area is 91.8 Å². The number of hydrogen-bond acceptors (Lipinski definition) is 4. The maximum Gasteiger partial charge on any atom is 0.320 e. The first-order valence-electron chi connectivity index (χ1n) is 5.79. The van der Waals surface area contributed by atoms with Gasteiger partial charge in [0.05, 0.1) is 13.2 Å². The summed E-state index contributed by atoms with van der Waals surface area (Å²) in [5.41, 5.74) is 5.95. The highest BCUT2D eigenvalue weighted by Gasteiger charge is 2.25. The summed E-state index contributed by atoms with van der Waals surface area (Å²) in [6, 6.07) is 0.207. The van der Waals surface area contributed by atoms with Gasteiger partial charge in [-0.05, 0) is 19.3 Å². The molecule has 0 aromatic heterocycles. The molecule has 0 spiro atoms. The molecule has 1 aliphatic rings. The molecule has 0 saturated carbocycles. The van der Waals surface area contributed by atoms with Crippen molar-refractivity contribution >= 4 is 5.97 Å². The highest BCUT2D eigenvalue weighted by molar-refractivity contribution is 5.71. The zero-order valence-corrected chi connectivity index (χ0v) is 9.74. The van der Waals surface area contributed by atoms with Crippen molar-refractivity contribution in [2.45, 2.75) is 32.7 Å². The third kappa shape index (κ3) is 4.18. The van der Waals surface area contributed by atoms with Crippen molar-refractivity contribution in [1.82, 2.24) is 4.90 Å². The van der Waals surface area contributed by atoms with E-state index in [1.165, 1.54) is 0 Å². The molecule has 4 nitrogen and oxygen atoms in total. The SMILES string of the molecule is CCOC(=O)CN1CC(N)CC(CC)C1. The lowest BCUT2D eigenvalue weighted by molar-refractivity contribution is -0.144. The average Bonchev–Trinajstić information content (AvgIpc) is 2.17. The van der Waals surface area contributed by atoms with E-state index in [0.717, 1.165) is 25.9 Å². The van der Waals surface area contributed by atoms with Crippen molar-refractivity contribution in [2.75, 3.05) is 26.2 Å². The lowest BCUT2D eigenvalue weighted by Gasteiger charge is -2.35. The standard InChI is InChI=1S/C11H22N2O2/c1-3-9-5-10(12)7-13(6-9)8-11(14)15-4-2/h9-10H,3-8,12H2,1-2H3. The number of nitrogens with zero attached hydrogens (tertiary/aromatic N) is 1. The molecule has 2 N–H and O–H groups in total. The second-order valence-electron chi connectivity index (χ2n) is 4.27. The van der Waals surface area contributed by atoms with Gasteiger partial charge in [-0.25, -0.2) is 0 Å². The Hall–Kier alpha value is -0.610. The fraction of sp³-hybridized carbons (Fsp3) is 0.909. The van der Waals surface area contributed by atoms with E-state index in [-0.39, 0.29) is 12.0 Å². The highest BCUT2D eigenvalue weighted by Crippen LogP contribution is 2.18. The minimum Gasteiger partial charge on any atom is -0.465 e. The van der Waals surface area contributed by atoms with Gasteiger partial charge in [0.1, 0.15) is 0 Å². The van der Waals surface area contributed by atoms with Crippen molar-refractivity contribution in [1.29, 1.82) is 0 Å². The molecule has 0 radical (unpaired) electrons. The summed E-state index contributed by atoms with van der Waals surface area (Å²) in [5, 5.41) is 0. The van der Waals surface area contributed by atoms with Gasteiger partial charge in [-0.2, -0.15) is 0 Å². The van der Waals surface area contributed by atoms with Gasteiger partial charge in [0.15, 0.2) is 0 Å². The second kappa shape index (κ2) is 6.08. The van der Waals surface area contributed by atoms with Crippen molar-refractivity contribution in [3.63, 3.8) is 0 Å². The number of carbonyl (C=O) groups excluding carboxylic acids is 1. The smallest absolute Gasteiger partial charge is 0.320 e. The molecule has 1 fully saturated rings. The Bertz CT molecular complexity index is 209. The number of nitrogens with two attached hydrogens (primary N) is 1. The van der Waals surface area contributed by atoms with E-state index in [4.69, 9.17) is 10.5 Å². The van der Waals surface area contributed by atoms with Gasteiger partial charge in [0.2, 0.25) is 0 Å². The van der Waals surface area contributed by atoms with Gasteiger partial charge in [0.25, 0.3) is 0 Å². The van der Waals surface area contributed by atoms with Crippen LogP contribution in [0.25, 0.3) is 0 Å². The average molecular weight is 214 g/mol. The minimum atomic E-state index is -0.138. The Balaban J connectivity index is 2.37. The Morgan fingerprint density at radius 3 is 2.80 bits per heavy atom. The fourth-order valence-corrected chi connectivity index (χ4v) is 2.16. The van der Waals surface area contributed by atoms with Gasteiger partial charge >= 0.3 is 5.97 Å². The predicted molar refractivity (Wildman–Crippen MR) is 59.4 cm³/mol. The molecule has 1 heterocycles. The van der Waals surface area contributed by atoms with Crippen LogP contribution in [0.3, 0.4) is 0 Å². The van der Waals surface area contributed by atoms with Crippen molar-refractivity contribution in [3.05, 3.63) is 0 Å². The largest absolute Gasteiger partial charge is 0.465 e. The molecule has 2 unspecified atom stereocenters. The first-order chi connectivity index (χ1) is 7.15. The number of ether oxygens (including phenoxy) is 1. The summed E-state index contributed by atoms with van der Waals surface area (Å²) in [5.74, 6) is 0.490. The molecule has 4 heteroatoms. The maximum atomic E-state index is 11.3. The number of carbonyl (C=O) groups is 1. The lowest BCUT2D eigenvalue weighted by atomic mass is 9.93. The third-order valence-corrected chi connectivity index (χ3v) is 2.88. The summed E-state index contributed by atoms with van der Waals surface area (Å²) in [6.07, 6.45) is 2.21. The van der Waals surface area contributed by atoms with Crippen LogP contribution in [0.5, 0.6) is 0 Å². The van der Waals surface area contributed by atoms with E-state index < -0.39 is 0 Å². The van der Waals surface area contributed by atoms with Gasteiger partial charge in [-0.1, -0.05) is 13.3 Å². The predicted octanol–water partition coefficient (Wildman–Crippen LogP) is 0.609. The lowest BCUT2D eigenvalue weighted by Crippen LogP contribution is -2.48. The summed E-state index contributed by atoms with van der Waals surface area (Å²) < 4.78 is 4.93. The Morgan fingerprint density at radius 1 is 1.47 bits per heavy atom. The van der Waals surface area contributed by atoms with E-state index in [0.29, 0.717) is 19.1 Å². The van der Waals surface area contributed by atoms with Crippen LogP contribution in [0.2, 0.25) is 0 Å². The monoisotopic (exact) mass is 214 g/mol. The van der Waals surface area contributed by atoms with Crippen LogP contribution in [0.1, 0.15) is 26.7 Å². The minimum absolute atomic E-state index is 0.138. The van der Waals surface area contributed by atoms with E-state index >= 15 is 0 Å². The molecule has 0 aromatic rings. The molecule has 0 amide bonds. The molecule has 1 rings (SSSR count). The maximum absolute atomic E-state index is 11.3. The molecular formula is C11H22N2O2. The van der Waals surface area contributed by atoms with E-state index in [9.17, 15) is 4.79 Å². The Kier molecular flexibility index (Phi) is 5.05. The second-order valence-corrected chi connectivity index (χ2v) is 4.27. The molecule has 15 heavy (non-hydrogen) atoms. The number of esters is 1. The van der Waals surface area contributed by atoms with E-state index in [1.807, 2.05) is 6.92 Å². The third-order valence-electron chi connectivity index (χ3n) is 2.88.